The Labute approximate surface area is 122 Å². The Hall–Kier alpha value is -1.90. The minimum absolute atomic E-state index is 0.0372. The van der Waals surface area contributed by atoms with Gasteiger partial charge < -0.3 is 14.6 Å². The highest BCUT2D eigenvalue weighted by Crippen LogP contribution is 2.30. The summed E-state index contributed by atoms with van der Waals surface area (Å²) in [7, 11) is 1.49. The average Bonchev–Trinajstić information content (AvgIpc) is 2.41. The second kappa shape index (κ2) is 5.83. The van der Waals surface area contributed by atoms with Crippen molar-refractivity contribution < 1.29 is 19.4 Å². The van der Waals surface area contributed by atoms with Gasteiger partial charge in [-0.25, -0.2) is 14.8 Å². The molecular weight excluding hydrogens is 363 g/mol. The first-order chi connectivity index (χ1) is 9.11. The summed E-state index contributed by atoms with van der Waals surface area (Å²) in [6, 6.07) is 4.48. The van der Waals surface area contributed by atoms with Crippen LogP contribution < -0.4 is 9.47 Å². The molecule has 0 aliphatic rings. The van der Waals surface area contributed by atoms with E-state index in [1.807, 2.05) is 22.6 Å². The number of hydrogen-bond donors (Lipinski definition) is 1. The number of halogens is 1. The van der Waals surface area contributed by atoms with Crippen LogP contribution in [0, 0.1) is 3.57 Å². The standard InChI is InChI=1S/C12H9IN2O4/c1-18-7-2-3-8(12(16)17)10(4-7)19-11-9(13)5-14-6-15-11/h2-6H,1H3,(H,16,17). The minimum atomic E-state index is -1.08. The van der Waals surface area contributed by atoms with Crippen molar-refractivity contribution in [2.24, 2.45) is 0 Å². The molecule has 1 aromatic heterocycles. The molecule has 0 bridgehead atoms. The Morgan fingerprint density at radius 3 is 2.84 bits per heavy atom. The topological polar surface area (TPSA) is 81.5 Å². The number of hydrogen-bond acceptors (Lipinski definition) is 5. The summed E-state index contributed by atoms with van der Waals surface area (Å²) in [5, 5.41) is 9.12. The molecule has 19 heavy (non-hydrogen) atoms. The van der Waals surface area contributed by atoms with Gasteiger partial charge in [-0.1, -0.05) is 0 Å². The summed E-state index contributed by atoms with van der Waals surface area (Å²) in [6.07, 6.45) is 2.90. The number of rotatable bonds is 4. The minimum Gasteiger partial charge on any atom is -0.497 e. The fraction of sp³-hybridized carbons (Fsp3) is 0.0833. The molecule has 2 rings (SSSR count). The zero-order chi connectivity index (χ0) is 13.8. The Balaban J connectivity index is 2.43. The van der Waals surface area contributed by atoms with Gasteiger partial charge in [-0.05, 0) is 34.7 Å². The van der Waals surface area contributed by atoms with Crippen LogP contribution in [-0.4, -0.2) is 28.2 Å². The first kappa shape index (κ1) is 13.5. The fourth-order valence-electron chi connectivity index (χ4n) is 1.37. The maximum absolute atomic E-state index is 11.1. The van der Waals surface area contributed by atoms with Gasteiger partial charge in [-0.15, -0.1) is 0 Å². The van der Waals surface area contributed by atoms with Crippen LogP contribution in [0.3, 0.4) is 0 Å². The lowest BCUT2D eigenvalue weighted by Gasteiger charge is -2.10. The summed E-state index contributed by atoms with van der Waals surface area (Å²) in [5.74, 6) is -0.111. The molecule has 98 valence electrons. The molecule has 1 heterocycles. The molecule has 0 radical (unpaired) electrons. The first-order valence-electron chi connectivity index (χ1n) is 5.16. The van der Waals surface area contributed by atoms with Gasteiger partial charge in [0.1, 0.15) is 23.4 Å². The average molecular weight is 372 g/mol. The van der Waals surface area contributed by atoms with E-state index in [1.54, 1.807) is 12.3 Å². The quantitative estimate of drug-likeness (QED) is 0.831. The van der Waals surface area contributed by atoms with Crippen LogP contribution in [0.5, 0.6) is 17.4 Å². The molecule has 0 atom stereocenters. The summed E-state index contributed by atoms with van der Waals surface area (Å²) in [6.45, 7) is 0. The van der Waals surface area contributed by atoms with Crippen molar-refractivity contribution in [3.8, 4) is 17.4 Å². The number of nitrogens with zero attached hydrogens (tertiary/aromatic N) is 2. The number of carboxylic acid groups (broad SMARTS) is 1. The smallest absolute Gasteiger partial charge is 0.339 e. The molecule has 1 aromatic carbocycles. The predicted octanol–water partition coefficient (Wildman–Crippen LogP) is 2.58. The second-order valence-electron chi connectivity index (χ2n) is 3.45. The first-order valence-corrected chi connectivity index (χ1v) is 6.24. The molecule has 1 N–H and O–H groups in total. The molecule has 0 saturated carbocycles. The van der Waals surface area contributed by atoms with Crippen molar-refractivity contribution in [2.75, 3.05) is 7.11 Å². The van der Waals surface area contributed by atoms with Crippen LogP contribution in [0.1, 0.15) is 10.4 Å². The van der Waals surface area contributed by atoms with E-state index in [0.717, 1.165) is 0 Å². The Bertz CT molecular complexity index is 618. The largest absolute Gasteiger partial charge is 0.497 e. The lowest BCUT2D eigenvalue weighted by molar-refractivity contribution is 0.0694. The van der Waals surface area contributed by atoms with E-state index in [4.69, 9.17) is 14.6 Å². The number of aromatic carboxylic acids is 1. The van der Waals surface area contributed by atoms with E-state index in [-0.39, 0.29) is 11.3 Å². The Morgan fingerprint density at radius 2 is 2.21 bits per heavy atom. The number of benzene rings is 1. The van der Waals surface area contributed by atoms with Gasteiger partial charge in [-0.2, -0.15) is 0 Å². The van der Waals surface area contributed by atoms with E-state index in [1.165, 1.54) is 25.6 Å². The number of carbonyl (C=O) groups is 1. The lowest BCUT2D eigenvalue weighted by atomic mass is 10.2. The molecule has 7 heteroatoms. The van der Waals surface area contributed by atoms with Crippen LogP contribution >= 0.6 is 22.6 Å². The van der Waals surface area contributed by atoms with Gasteiger partial charge in [0.25, 0.3) is 0 Å². The molecule has 0 fully saturated rings. The van der Waals surface area contributed by atoms with Gasteiger partial charge in [0.2, 0.25) is 5.88 Å². The zero-order valence-electron chi connectivity index (χ0n) is 9.83. The number of carboxylic acids is 1. The van der Waals surface area contributed by atoms with Crippen LogP contribution in [0.15, 0.2) is 30.7 Å². The highest BCUT2D eigenvalue weighted by molar-refractivity contribution is 14.1. The maximum Gasteiger partial charge on any atom is 0.339 e. The van der Waals surface area contributed by atoms with Crippen molar-refractivity contribution in [2.45, 2.75) is 0 Å². The van der Waals surface area contributed by atoms with Crippen molar-refractivity contribution in [3.63, 3.8) is 0 Å². The molecule has 0 aliphatic heterocycles. The molecule has 0 unspecified atom stereocenters. The molecule has 0 aliphatic carbocycles. The highest BCUT2D eigenvalue weighted by atomic mass is 127. The van der Waals surface area contributed by atoms with Crippen molar-refractivity contribution >= 4 is 28.6 Å². The molecule has 6 nitrogen and oxygen atoms in total. The molecule has 0 saturated heterocycles. The third kappa shape index (κ3) is 3.11. The third-order valence-electron chi connectivity index (χ3n) is 2.26. The summed E-state index contributed by atoms with van der Waals surface area (Å²) < 4.78 is 11.3. The lowest BCUT2D eigenvalue weighted by Crippen LogP contribution is -2.02. The van der Waals surface area contributed by atoms with E-state index < -0.39 is 5.97 Å². The van der Waals surface area contributed by atoms with Crippen molar-refractivity contribution in [3.05, 3.63) is 39.9 Å². The summed E-state index contributed by atoms with van der Waals surface area (Å²) >= 11 is 2.01. The summed E-state index contributed by atoms with van der Waals surface area (Å²) in [5.41, 5.74) is 0.0372. The van der Waals surface area contributed by atoms with E-state index in [0.29, 0.717) is 15.2 Å². The maximum atomic E-state index is 11.1. The predicted molar refractivity (Wildman–Crippen MR) is 74.8 cm³/mol. The third-order valence-corrected chi connectivity index (χ3v) is 3.00. The highest BCUT2D eigenvalue weighted by Gasteiger charge is 2.15. The normalized spacial score (nSPS) is 10.0. The Kier molecular flexibility index (Phi) is 4.15. The molecule has 2 aromatic rings. The number of aromatic nitrogens is 2. The fourth-order valence-corrected chi connectivity index (χ4v) is 1.78. The number of methoxy groups -OCH3 is 1. The van der Waals surface area contributed by atoms with Crippen molar-refractivity contribution in [1.82, 2.24) is 9.97 Å². The summed E-state index contributed by atoms with van der Waals surface area (Å²) in [4.78, 5) is 18.9. The van der Waals surface area contributed by atoms with Crippen LogP contribution in [0.25, 0.3) is 0 Å². The molecule has 0 spiro atoms. The van der Waals surface area contributed by atoms with E-state index in [2.05, 4.69) is 9.97 Å². The van der Waals surface area contributed by atoms with Crippen LogP contribution in [0.2, 0.25) is 0 Å². The molecule has 0 amide bonds. The van der Waals surface area contributed by atoms with Gasteiger partial charge in [0.15, 0.2) is 0 Å². The molecular formula is C12H9IN2O4. The zero-order valence-corrected chi connectivity index (χ0v) is 12.0. The van der Waals surface area contributed by atoms with Crippen LogP contribution in [0.4, 0.5) is 0 Å². The SMILES string of the molecule is COc1ccc(C(=O)O)c(Oc2ncncc2I)c1. The van der Waals surface area contributed by atoms with Gasteiger partial charge in [-0.3, -0.25) is 0 Å². The van der Waals surface area contributed by atoms with Gasteiger partial charge in [0.05, 0.1) is 10.7 Å². The van der Waals surface area contributed by atoms with Gasteiger partial charge in [0, 0.05) is 12.3 Å². The van der Waals surface area contributed by atoms with Crippen molar-refractivity contribution in [1.29, 1.82) is 0 Å². The van der Waals surface area contributed by atoms with Gasteiger partial charge >= 0.3 is 5.97 Å². The van der Waals surface area contributed by atoms with E-state index in [9.17, 15) is 4.79 Å². The Morgan fingerprint density at radius 1 is 1.42 bits per heavy atom. The number of ether oxygens (including phenoxy) is 2. The second-order valence-corrected chi connectivity index (χ2v) is 4.61. The van der Waals surface area contributed by atoms with Crippen LogP contribution in [-0.2, 0) is 0 Å². The monoisotopic (exact) mass is 372 g/mol. The van der Waals surface area contributed by atoms with E-state index >= 15 is 0 Å².